The van der Waals surface area contributed by atoms with E-state index >= 15 is 0 Å². The van der Waals surface area contributed by atoms with Crippen molar-refractivity contribution < 1.29 is 14.3 Å². The Bertz CT molecular complexity index is 303. The smallest absolute Gasteiger partial charge is 0.210 e. The van der Waals surface area contributed by atoms with Crippen molar-refractivity contribution in [3.8, 4) is 6.07 Å². The first-order valence-electron chi connectivity index (χ1n) is 4.42. The highest BCUT2D eigenvalue weighted by molar-refractivity contribution is 5.79. The first kappa shape index (κ1) is 10.7. The van der Waals surface area contributed by atoms with Crippen molar-refractivity contribution in [3.63, 3.8) is 0 Å². The van der Waals surface area contributed by atoms with Crippen LogP contribution in [0.4, 0.5) is 0 Å². The zero-order valence-corrected chi connectivity index (χ0v) is 8.48. The number of carbonyl (C=O) groups excluding carboxylic acids is 1. The van der Waals surface area contributed by atoms with Gasteiger partial charge in [0.25, 0.3) is 0 Å². The van der Waals surface area contributed by atoms with Gasteiger partial charge in [0, 0.05) is 7.11 Å². The summed E-state index contributed by atoms with van der Waals surface area (Å²) >= 11 is 0. The van der Waals surface area contributed by atoms with Crippen molar-refractivity contribution >= 4 is 5.78 Å². The Morgan fingerprint density at radius 1 is 1.71 bits per heavy atom. The van der Waals surface area contributed by atoms with Crippen LogP contribution < -0.4 is 0 Å². The van der Waals surface area contributed by atoms with Crippen LogP contribution in [-0.2, 0) is 14.3 Å². The van der Waals surface area contributed by atoms with Crippen molar-refractivity contribution in [1.29, 1.82) is 5.26 Å². The summed E-state index contributed by atoms with van der Waals surface area (Å²) < 4.78 is 10.2. The number of ether oxygens (including phenoxy) is 2. The van der Waals surface area contributed by atoms with E-state index in [1.54, 1.807) is 6.08 Å². The van der Waals surface area contributed by atoms with Crippen LogP contribution in [0.5, 0.6) is 0 Å². The average Bonchev–Trinajstić information content (AvgIpc) is 2.15. The van der Waals surface area contributed by atoms with Gasteiger partial charge in [0.15, 0.2) is 5.76 Å². The molecule has 0 fully saturated rings. The lowest BCUT2D eigenvalue weighted by molar-refractivity contribution is -0.160. The molecule has 0 amide bonds. The summed E-state index contributed by atoms with van der Waals surface area (Å²) in [4.78, 5) is 11.3. The standard InChI is InChI=1S/C10H13NO3/c1-6-4-8(5-11)14-10(13-3)9(6)7(2)12/h4,6,9-10H,1-3H3/t6-,9-,10+/m0/s1. The predicted octanol–water partition coefficient (Wildman–Crippen LogP) is 1.24. The zero-order valence-electron chi connectivity index (χ0n) is 8.48. The fraction of sp³-hybridized carbons (Fsp3) is 0.600. The number of nitriles is 1. The maximum atomic E-state index is 11.3. The summed E-state index contributed by atoms with van der Waals surface area (Å²) in [5, 5.41) is 8.66. The van der Waals surface area contributed by atoms with E-state index in [1.165, 1.54) is 14.0 Å². The van der Waals surface area contributed by atoms with Gasteiger partial charge in [-0.2, -0.15) is 5.26 Å². The molecule has 0 N–H and O–H groups in total. The van der Waals surface area contributed by atoms with Gasteiger partial charge < -0.3 is 9.47 Å². The first-order valence-corrected chi connectivity index (χ1v) is 4.42. The van der Waals surface area contributed by atoms with Crippen LogP contribution in [0.3, 0.4) is 0 Å². The fourth-order valence-corrected chi connectivity index (χ4v) is 1.65. The maximum absolute atomic E-state index is 11.3. The van der Waals surface area contributed by atoms with Gasteiger partial charge in [-0.1, -0.05) is 6.92 Å². The van der Waals surface area contributed by atoms with Crippen LogP contribution in [0.2, 0.25) is 0 Å². The Labute approximate surface area is 83.1 Å². The van der Waals surface area contributed by atoms with E-state index in [-0.39, 0.29) is 23.4 Å². The molecule has 4 heteroatoms. The van der Waals surface area contributed by atoms with Crippen molar-refractivity contribution in [2.24, 2.45) is 11.8 Å². The number of carbonyl (C=O) groups is 1. The topological polar surface area (TPSA) is 59.3 Å². The molecule has 0 aliphatic carbocycles. The molecule has 76 valence electrons. The molecule has 0 radical (unpaired) electrons. The summed E-state index contributed by atoms with van der Waals surface area (Å²) in [6.45, 7) is 3.37. The third-order valence-corrected chi connectivity index (χ3v) is 2.33. The number of allylic oxidation sites excluding steroid dienone is 2. The van der Waals surface area contributed by atoms with E-state index in [9.17, 15) is 4.79 Å². The molecule has 3 atom stereocenters. The summed E-state index contributed by atoms with van der Waals surface area (Å²) in [7, 11) is 1.47. The summed E-state index contributed by atoms with van der Waals surface area (Å²) in [6, 6.07) is 1.91. The minimum Gasteiger partial charge on any atom is -0.454 e. The van der Waals surface area contributed by atoms with Crippen molar-refractivity contribution in [3.05, 3.63) is 11.8 Å². The Morgan fingerprint density at radius 3 is 2.79 bits per heavy atom. The number of rotatable bonds is 2. The molecule has 0 aromatic heterocycles. The number of ketones is 1. The normalized spacial score (nSPS) is 31.3. The van der Waals surface area contributed by atoms with Crippen LogP contribution in [0, 0.1) is 23.2 Å². The second-order valence-electron chi connectivity index (χ2n) is 3.36. The number of Topliss-reactive ketones (excluding diaryl/α,β-unsaturated/α-hetero) is 1. The Hall–Kier alpha value is -1.34. The quantitative estimate of drug-likeness (QED) is 0.665. The van der Waals surface area contributed by atoms with Crippen molar-refractivity contribution in [2.45, 2.75) is 20.1 Å². The van der Waals surface area contributed by atoms with Gasteiger partial charge in [0.1, 0.15) is 11.9 Å². The fourth-order valence-electron chi connectivity index (χ4n) is 1.65. The molecule has 0 aromatic rings. The second-order valence-corrected chi connectivity index (χ2v) is 3.36. The minimum atomic E-state index is -0.637. The second kappa shape index (κ2) is 4.25. The number of methoxy groups -OCH3 is 1. The molecular weight excluding hydrogens is 182 g/mol. The first-order chi connectivity index (χ1) is 6.60. The maximum Gasteiger partial charge on any atom is 0.210 e. The van der Waals surface area contributed by atoms with E-state index in [1.807, 2.05) is 13.0 Å². The van der Waals surface area contributed by atoms with Crippen molar-refractivity contribution in [1.82, 2.24) is 0 Å². The highest BCUT2D eigenvalue weighted by Crippen LogP contribution is 2.28. The van der Waals surface area contributed by atoms with E-state index in [0.29, 0.717) is 0 Å². The monoisotopic (exact) mass is 195 g/mol. The molecule has 0 bridgehead atoms. The Kier molecular flexibility index (Phi) is 3.26. The number of hydrogen-bond donors (Lipinski definition) is 0. The van der Waals surface area contributed by atoms with Gasteiger partial charge in [-0.15, -0.1) is 0 Å². The van der Waals surface area contributed by atoms with Crippen molar-refractivity contribution in [2.75, 3.05) is 7.11 Å². The van der Waals surface area contributed by atoms with Gasteiger partial charge in [-0.25, -0.2) is 0 Å². The van der Waals surface area contributed by atoms with Crippen LogP contribution in [0.25, 0.3) is 0 Å². The highest BCUT2D eigenvalue weighted by Gasteiger charge is 2.35. The minimum absolute atomic E-state index is 0.0117. The summed E-state index contributed by atoms with van der Waals surface area (Å²) in [5.74, 6) is -0.114. The predicted molar refractivity (Wildman–Crippen MR) is 48.9 cm³/mol. The van der Waals surface area contributed by atoms with Crippen LogP contribution in [0.1, 0.15) is 13.8 Å². The Morgan fingerprint density at radius 2 is 2.36 bits per heavy atom. The van der Waals surface area contributed by atoms with Crippen LogP contribution >= 0.6 is 0 Å². The van der Waals surface area contributed by atoms with Crippen LogP contribution in [-0.4, -0.2) is 19.2 Å². The largest absolute Gasteiger partial charge is 0.454 e. The third-order valence-electron chi connectivity index (χ3n) is 2.33. The molecule has 0 saturated carbocycles. The lowest BCUT2D eigenvalue weighted by atomic mass is 9.88. The Balaban J connectivity index is 2.93. The molecule has 0 aromatic carbocycles. The molecule has 4 nitrogen and oxygen atoms in total. The third kappa shape index (κ3) is 1.94. The molecule has 0 spiro atoms. The average molecular weight is 195 g/mol. The molecular formula is C10H13NO3. The van der Waals surface area contributed by atoms with Crippen LogP contribution in [0.15, 0.2) is 11.8 Å². The summed E-state index contributed by atoms with van der Waals surface area (Å²) in [5.41, 5.74) is 0. The van der Waals surface area contributed by atoms with E-state index in [4.69, 9.17) is 14.7 Å². The zero-order chi connectivity index (χ0) is 10.7. The van der Waals surface area contributed by atoms with Gasteiger partial charge in [-0.3, -0.25) is 4.79 Å². The highest BCUT2D eigenvalue weighted by atomic mass is 16.7. The van der Waals surface area contributed by atoms with Gasteiger partial charge >= 0.3 is 0 Å². The number of hydrogen-bond acceptors (Lipinski definition) is 4. The number of nitrogens with zero attached hydrogens (tertiary/aromatic N) is 1. The molecule has 14 heavy (non-hydrogen) atoms. The van der Waals surface area contributed by atoms with E-state index in [2.05, 4.69) is 0 Å². The van der Waals surface area contributed by atoms with Gasteiger partial charge in [0.2, 0.25) is 6.29 Å². The van der Waals surface area contributed by atoms with Gasteiger partial charge in [0.05, 0.1) is 5.92 Å². The summed E-state index contributed by atoms with van der Waals surface area (Å²) in [6.07, 6.45) is 1.02. The molecule has 0 unspecified atom stereocenters. The molecule has 1 aliphatic heterocycles. The lowest BCUT2D eigenvalue weighted by Crippen LogP contribution is -2.37. The molecule has 0 saturated heterocycles. The van der Waals surface area contributed by atoms with Gasteiger partial charge in [-0.05, 0) is 18.9 Å². The lowest BCUT2D eigenvalue weighted by Gasteiger charge is -2.31. The van der Waals surface area contributed by atoms with E-state index < -0.39 is 6.29 Å². The molecule has 1 aliphatic rings. The molecule has 1 rings (SSSR count). The SMILES string of the molecule is CO[C@@H]1OC(C#N)=C[C@H](C)[C@H]1C(C)=O. The van der Waals surface area contributed by atoms with E-state index in [0.717, 1.165) is 0 Å². The molecule has 1 heterocycles.